The maximum atomic E-state index is 13.1. The van der Waals surface area contributed by atoms with Crippen molar-refractivity contribution in [3.63, 3.8) is 0 Å². The molecule has 0 unspecified atom stereocenters. The Balaban J connectivity index is 1.55. The first-order valence-electron chi connectivity index (χ1n) is 8.66. The molecule has 0 fully saturated rings. The van der Waals surface area contributed by atoms with E-state index in [9.17, 15) is 9.18 Å². The number of carbonyl (C=O) groups is 1. The van der Waals surface area contributed by atoms with Crippen LogP contribution in [-0.2, 0) is 13.0 Å². The van der Waals surface area contributed by atoms with Crippen molar-refractivity contribution in [2.24, 2.45) is 0 Å². The summed E-state index contributed by atoms with van der Waals surface area (Å²) < 4.78 is 15.2. The van der Waals surface area contributed by atoms with Gasteiger partial charge in [0, 0.05) is 31.6 Å². The number of halogens is 1. The number of hydrogen-bond donors (Lipinski definition) is 0. The van der Waals surface area contributed by atoms with E-state index < -0.39 is 0 Å². The second kappa shape index (κ2) is 6.71. The molecule has 5 nitrogen and oxygen atoms in total. The number of fused-ring (bicyclic) bond motifs is 1. The molecule has 0 N–H and O–H groups in total. The van der Waals surface area contributed by atoms with Gasteiger partial charge in [-0.05, 0) is 42.3 Å². The smallest absolute Gasteiger partial charge is 0.253 e. The zero-order chi connectivity index (χ0) is 18.1. The van der Waals surface area contributed by atoms with Crippen LogP contribution in [0.3, 0.4) is 0 Å². The van der Waals surface area contributed by atoms with Crippen LogP contribution < -0.4 is 0 Å². The van der Waals surface area contributed by atoms with Gasteiger partial charge in [-0.25, -0.2) is 4.39 Å². The van der Waals surface area contributed by atoms with Gasteiger partial charge in [0.15, 0.2) is 0 Å². The number of hydrogen-bond acceptors (Lipinski definition) is 3. The van der Waals surface area contributed by atoms with E-state index >= 15 is 0 Å². The summed E-state index contributed by atoms with van der Waals surface area (Å²) in [7, 11) is 0. The van der Waals surface area contributed by atoms with E-state index in [2.05, 4.69) is 14.8 Å². The van der Waals surface area contributed by atoms with Crippen LogP contribution in [0.2, 0.25) is 0 Å². The molecule has 1 amide bonds. The van der Waals surface area contributed by atoms with Gasteiger partial charge in [0.05, 0.1) is 0 Å². The zero-order valence-electron chi connectivity index (χ0n) is 14.5. The van der Waals surface area contributed by atoms with Gasteiger partial charge in [0.25, 0.3) is 5.91 Å². The summed E-state index contributed by atoms with van der Waals surface area (Å²) in [4.78, 5) is 14.8. The van der Waals surface area contributed by atoms with Crippen molar-refractivity contribution in [1.29, 1.82) is 0 Å². The molecule has 0 spiro atoms. The highest BCUT2D eigenvalue weighted by Crippen LogP contribution is 2.22. The fraction of sp³-hybridized carbons (Fsp3) is 0.250. The maximum absolute atomic E-state index is 13.1. The normalized spacial score (nSPS) is 14.0. The van der Waals surface area contributed by atoms with E-state index in [1.54, 1.807) is 12.1 Å². The molecule has 2 heterocycles. The van der Waals surface area contributed by atoms with Crippen LogP contribution in [-0.4, -0.2) is 38.7 Å². The van der Waals surface area contributed by atoms with Gasteiger partial charge >= 0.3 is 0 Å². The van der Waals surface area contributed by atoms with Gasteiger partial charge in [-0.15, -0.1) is 10.2 Å². The molecule has 0 aliphatic carbocycles. The van der Waals surface area contributed by atoms with Crippen molar-refractivity contribution in [3.8, 4) is 11.1 Å². The molecule has 1 aliphatic heterocycles. The van der Waals surface area contributed by atoms with Gasteiger partial charge < -0.3 is 9.47 Å². The minimum absolute atomic E-state index is 0.00493. The lowest BCUT2D eigenvalue weighted by Gasteiger charge is -2.20. The van der Waals surface area contributed by atoms with Crippen molar-refractivity contribution < 1.29 is 9.18 Å². The summed E-state index contributed by atoms with van der Waals surface area (Å²) >= 11 is 0. The van der Waals surface area contributed by atoms with Crippen LogP contribution in [0.4, 0.5) is 4.39 Å². The Morgan fingerprint density at radius 3 is 2.62 bits per heavy atom. The predicted molar refractivity (Wildman–Crippen MR) is 96.2 cm³/mol. The van der Waals surface area contributed by atoms with Gasteiger partial charge in [0.2, 0.25) is 0 Å². The van der Waals surface area contributed by atoms with Crippen LogP contribution in [0.25, 0.3) is 11.1 Å². The SMILES string of the molecule is Cc1nnc2n1CCN(C(=O)c1cccc(-c3ccc(F)cc3)c1)CC2. The van der Waals surface area contributed by atoms with E-state index in [1.807, 2.05) is 36.1 Å². The number of amides is 1. The minimum atomic E-state index is -0.271. The van der Waals surface area contributed by atoms with E-state index in [0.29, 0.717) is 31.6 Å². The summed E-state index contributed by atoms with van der Waals surface area (Å²) in [5, 5.41) is 8.29. The molecule has 6 heteroatoms. The van der Waals surface area contributed by atoms with E-state index in [-0.39, 0.29) is 11.7 Å². The monoisotopic (exact) mass is 350 g/mol. The summed E-state index contributed by atoms with van der Waals surface area (Å²) in [5.74, 6) is 1.55. The molecule has 0 radical (unpaired) electrons. The molecular weight excluding hydrogens is 331 g/mol. The fourth-order valence-electron chi connectivity index (χ4n) is 3.33. The second-order valence-corrected chi connectivity index (χ2v) is 6.44. The number of aryl methyl sites for hydroxylation is 1. The molecule has 1 aliphatic rings. The number of rotatable bonds is 2. The molecule has 1 aromatic heterocycles. The average Bonchev–Trinajstić information content (AvgIpc) is 2.89. The fourth-order valence-corrected chi connectivity index (χ4v) is 3.33. The summed E-state index contributed by atoms with van der Waals surface area (Å²) in [6.45, 7) is 3.89. The van der Waals surface area contributed by atoms with Crippen LogP contribution in [0.1, 0.15) is 22.0 Å². The zero-order valence-corrected chi connectivity index (χ0v) is 14.5. The molecule has 26 heavy (non-hydrogen) atoms. The third-order valence-electron chi connectivity index (χ3n) is 4.79. The molecule has 0 atom stereocenters. The van der Waals surface area contributed by atoms with Gasteiger partial charge in [0.1, 0.15) is 17.5 Å². The molecule has 4 rings (SSSR count). The number of carbonyl (C=O) groups excluding carboxylic acids is 1. The Hall–Kier alpha value is -3.02. The third kappa shape index (κ3) is 3.10. The second-order valence-electron chi connectivity index (χ2n) is 6.44. The molecule has 3 aromatic rings. The first-order chi connectivity index (χ1) is 12.6. The Kier molecular flexibility index (Phi) is 4.24. The van der Waals surface area contributed by atoms with Crippen molar-refractivity contribution >= 4 is 5.91 Å². The van der Waals surface area contributed by atoms with E-state index in [4.69, 9.17) is 0 Å². The highest BCUT2D eigenvalue weighted by atomic mass is 19.1. The quantitative estimate of drug-likeness (QED) is 0.714. The lowest BCUT2D eigenvalue weighted by atomic mass is 10.0. The van der Waals surface area contributed by atoms with Crippen molar-refractivity contribution in [2.45, 2.75) is 19.9 Å². The van der Waals surface area contributed by atoms with Crippen molar-refractivity contribution in [3.05, 3.63) is 71.6 Å². The molecule has 132 valence electrons. The summed E-state index contributed by atoms with van der Waals surface area (Å²) in [6, 6.07) is 13.8. The van der Waals surface area contributed by atoms with Gasteiger partial charge in [-0.2, -0.15) is 0 Å². The van der Waals surface area contributed by atoms with E-state index in [1.165, 1.54) is 12.1 Å². The van der Waals surface area contributed by atoms with Gasteiger partial charge in [-0.1, -0.05) is 24.3 Å². The standard InChI is InChI=1S/C20H19FN4O/c1-14-22-23-19-9-10-24(11-12-25(14)19)20(26)17-4-2-3-16(13-17)15-5-7-18(21)8-6-15/h2-8,13H,9-12H2,1H3. The number of benzene rings is 2. The average molecular weight is 350 g/mol. The molecular formula is C20H19FN4O. The highest BCUT2D eigenvalue weighted by Gasteiger charge is 2.21. The molecule has 0 saturated carbocycles. The largest absolute Gasteiger partial charge is 0.336 e. The van der Waals surface area contributed by atoms with Crippen LogP contribution >= 0.6 is 0 Å². The summed E-state index contributed by atoms with van der Waals surface area (Å²) in [6.07, 6.45) is 0.699. The van der Waals surface area contributed by atoms with E-state index in [0.717, 1.165) is 22.8 Å². The number of aromatic nitrogens is 3. The molecule has 0 bridgehead atoms. The predicted octanol–water partition coefficient (Wildman–Crippen LogP) is 3.09. The Bertz CT molecular complexity index is 949. The lowest BCUT2D eigenvalue weighted by Crippen LogP contribution is -2.33. The Morgan fingerprint density at radius 2 is 1.81 bits per heavy atom. The molecule has 0 saturated heterocycles. The number of nitrogens with zero attached hydrogens (tertiary/aromatic N) is 4. The van der Waals surface area contributed by atoms with Crippen molar-refractivity contribution in [1.82, 2.24) is 19.7 Å². The Morgan fingerprint density at radius 1 is 1.00 bits per heavy atom. The lowest BCUT2D eigenvalue weighted by molar-refractivity contribution is 0.0759. The van der Waals surface area contributed by atoms with Crippen LogP contribution in [0.5, 0.6) is 0 Å². The summed E-state index contributed by atoms with van der Waals surface area (Å²) in [5.41, 5.74) is 2.43. The highest BCUT2D eigenvalue weighted by molar-refractivity contribution is 5.95. The van der Waals surface area contributed by atoms with Crippen molar-refractivity contribution in [2.75, 3.05) is 13.1 Å². The van der Waals surface area contributed by atoms with Crippen LogP contribution in [0.15, 0.2) is 48.5 Å². The first kappa shape index (κ1) is 16.4. The maximum Gasteiger partial charge on any atom is 0.253 e. The first-order valence-corrected chi connectivity index (χ1v) is 8.66. The van der Waals surface area contributed by atoms with Gasteiger partial charge in [-0.3, -0.25) is 4.79 Å². The topological polar surface area (TPSA) is 51.0 Å². The third-order valence-corrected chi connectivity index (χ3v) is 4.79. The minimum Gasteiger partial charge on any atom is -0.336 e. The molecule has 2 aromatic carbocycles. The Labute approximate surface area is 151 Å². The van der Waals surface area contributed by atoms with Crippen LogP contribution in [0, 0.1) is 12.7 Å².